The number of rotatable bonds is 7. The van der Waals surface area contributed by atoms with Gasteiger partial charge in [-0.15, -0.1) is 0 Å². The van der Waals surface area contributed by atoms with Crippen molar-refractivity contribution in [3.63, 3.8) is 0 Å². The van der Waals surface area contributed by atoms with Crippen molar-refractivity contribution >= 4 is 31.4 Å². The van der Waals surface area contributed by atoms with E-state index in [2.05, 4.69) is 4.72 Å². The number of nitrogens with one attached hydrogen (secondary N) is 1. The smallest absolute Gasteiger partial charge is 0.261 e. The molecule has 2 aromatic carbocycles. The molecule has 0 aliphatic heterocycles. The number of hydrogen-bond donors (Lipinski definition) is 1. The highest BCUT2D eigenvalue weighted by molar-refractivity contribution is 7.92. The van der Waals surface area contributed by atoms with Gasteiger partial charge in [-0.25, -0.2) is 29.9 Å². The average Bonchev–Trinajstić information content (AvgIpc) is 2.73. The summed E-state index contributed by atoms with van der Waals surface area (Å²) in [6, 6.07) is 11.6. The minimum Gasteiger partial charge on any atom is -0.370 e. The molecule has 0 aromatic heterocycles. The van der Waals surface area contributed by atoms with Gasteiger partial charge in [0.05, 0.1) is 21.2 Å². The number of sulfonamides is 2. The fraction of sp³-hybridized carbons (Fsp3) is 0.429. The first kappa shape index (κ1) is 24.4. The molecular weight excluding hydrogens is 460 g/mol. The van der Waals surface area contributed by atoms with E-state index < -0.39 is 26.0 Å². The Hall–Kier alpha value is -2.24. The summed E-state index contributed by atoms with van der Waals surface area (Å²) in [4.78, 5) is 1.72. The Bertz CT molecular complexity index is 1160. The van der Waals surface area contributed by atoms with Crippen molar-refractivity contribution in [3.05, 3.63) is 48.5 Å². The summed E-state index contributed by atoms with van der Waals surface area (Å²) < 4.78 is 80.9. The average molecular weight is 488 g/mol. The molecule has 7 nitrogen and oxygen atoms in total. The van der Waals surface area contributed by atoms with Crippen LogP contribution in [0.2, 0.25) is 0 Å². The topological polar surface area (TPSA) is 86.8 Å². The highest BCUT2D eigenvalue weighted by Crippen LogP contribution is 2.38. The molecule has 32 heavy (non-hydrogen) atoms. The number of halogens is 2. The fourth-order valence-corrected chi connectivity index (χ4v) is 5.66. The molecule has 176 valence electrons. The number of hydrogen-bond acceptors (Lipinski definition) is 5. The van der Waals surface area contributed by atoms with E-state index in [1.807, 2.05) is 4.90 Å². The zero-order valence-corrected chi connectivity index (χ0v) is 19.8. The van der Waals surface area contributed by atoms with Crippen LogP contribution in [0.25, 0.3) is 0 Å². The zero-order chi connectivity index (χ0) is 23.7. The second-order valence-corrected chi connectivity index (χ2v) is 11.9. The lowest BCUT2D eigenvalue weighted by Crippen LogP contribution is -2.38. The van der Waals surface area contributed by atoms with E-state index in [0.717, 1.165) is 4.31 Å². The minimum absolute atomic E-state index is 0.0179. The number of alkyl halides is 2. The number of anilines is 2. The van der Waals surface area contributed by atoms with Crippen LogP contribution < -0.4 is 9.62 Å². The third-order valence-electron chi connectivity index (χ3n) is 5.68. The summed E-state index contributed by atoms with van der Waals surface area (Å²) >= 11 is 0. The molecular formula is C21H27F2N3O4S2. The first-order valence-corrected chi connectivity index (χ1v) is 13.0. The third kappa shape index (κ3) is 5.21. The second-order valence-electron chi connectivity index (χ2n) is 8.08. The Morgan fingerprint density at radius 2 is 1.41 bits per heavy atom. The summed E-state index contributed by atoms with van der Waals surface area (Å²) in [5.74, 6) is -2.65. The van der Waals surface area contributed by atoms with Crippen LogP contribution in [0.1, 0.15) is 25.7 Å². The maximum absolute atomic E-state index is 13.5. The molecule has 0 saturated heterocycles. The van der Waals surface area contributed by atoms with Gasteiger partial charge >= 0.3 is 0 Å². The van der Waals surface area contributed by atoms with Crippen molar-refractivity contribution in [1.82, 2.24) is 4.31 Å². The van der Waals surface area contributed by atoms with Crippen LogP contribution in [0.5, 0.6) is 0 Å². The minimum atomic E-state index is -4.01. The molecule has 11 heteroatoms. The van der Waals surface area contributed by atoms with Crippen molar-refractivity contribution in [3.8, 4) is 0 Å². The lowest BCUT2D eigenvalue weighted by molar-refractivity contribution is -0.0377. The molecule has 0 amide bonds. The van der Waals surface area contributed by atoms with Crippen LogP contribution in [-0.2, 0) is 20.0 Å². The molecule has 0 heterocycles. The lowest BCUT2D eigenvalue weighted by atomic mass is 9.91. The van der Waals surface area contributed by atoms with E-state index in [1.54, 1.807) is 31.3 Å². The first-order chi connectivity index (χ1) is 14.8. The van der Waals surface area contributed by atoms with Crippen LogP contribution >= 0.6 is 0 Å². The van der Waals surface area contributed by atoms with E-state index in [1.165, 1.54) is 38.4 Å². The first-order valence-electron chi connectivity index (χ1n) is 10.1. The molecule has 0 bridgehead atoms. The summed E-state index contributed by atoms with van der Waals surface area (Å²) in [5.41, 5.74) is 0.899. The molecule has 1 aliphatic rings. The Labute approximate surface area is 188 Å². The summed E-state index contributed by atoms with van der Waals surface area (Å²) in [6.07, 6.45) is 0.231. The summed E-state index contributed by atoms with van der Waals surface area (Å²) in [7, 11) is -3.14. The predicted molar refractivity (Wildman–Crippen MR) is 120 cm³/mol. The molecule has 1 N–H and O–H groups in total. The van der Waals surface area contributed by atoms with Crippen LogP contribution in [-0.4, -0.2) is 54.2 Å². The SMILES string of the molecule is CN(c1ccccc1NS(=O)(=O)c1ccc(S(=O)(=O)N(C)C)cc1)C1CCC(F)(F)CC1. The maximum Gasteiger partial charge on any atom is 0.261 e. The molecule has 3 rings (SSSR count). The Balaban J connectivity index is 1.83. The highest BCUT2D eigenvalue weighted by atomic mass is 32.2. The van der Waals surface area contributed by atoms with Gasteiger partial charge in [0.15, 0.2) is 0 Å². The summed E-state index contributed by atoms with van der Waals surface area (Å²) in [5, 5.41) is 0. The Kier molecular flexibility index (Phi) is 6.83. The van der Waals surface area contributed by atoms with Crippen LogP contribution in [0.4, 0.5) is 20.2 Å². The van der Waals surface area contributed by atoms with Gasteiger partial charge in [-0.3, -0.25) is 4.72 Å². The van der Waals surface area contributed by atoms with Gasteiger partial charge in [-0.2, -0.15) is 0 Å². The van der Waals surface area contributed by atoms with Crippen LogP contribution in [0.15, 0.2) is 58.3 Å². The van der Waals surface area contributed by atoms with Gasteiger partial charge in [0, 0.05) is 40.0 Å². The van der Waals surface area contributed by atoms with E-state index in [-0.39, 0.29) is 28.7 Å². The van der Waals surface area contributed by atoms with Crippen molar-refractivity contribution in [1.29, 1.82) is 0 Å². The zero-order valence-electron chi connectivity index (χ0n) is 18.1. The van der Waals surface area contributed by atoms with Crippen LogP contribution in [0, 0.1) is 0 Å². The number of nitrogens with zero attached hydrogens (tertiary/aromatic N) is 2. The van der Waals surface area contributed by atoms with Gasteiger partial charge in [0.25, 0.3) is 10.0 Å². The van der Waals surface area contributed by atoms with Gasteiger partial charge in [0.2, 0.25) is 15.9 Å². The quantitative estimate of drug-likeness (QED) is 0.643. The molecule has 0 atom stereocenters. The Morgan fingerprint density at radius 3 is 1.97 bits per heavy atom. The van der Waals surface area contributed by atoms with E-state index in [0.29, 0.717) is 24.2 Å². The number of benzene rings is 2. The molecule has 2 aromatic rings. The number of para-hydroxylation sites is 2. The van der Waals surface area contributed by atoms with Crippen molar-refractivity contribution in [2.45, 2.75) is 47.4 Å². The summed E-state index contributed by atoms with van der Waals surface area (Å²) in [6.45, 7) is 0. The standard InChI is InChI=1S/C21H27F2N3O4S2/c1-25(2)32(29,30)18-10-8-17(9-11-18)31(27,28)24-19-6-4-5-7-20(19)26(3)16-12-14-21(22,23)15-13-16/h4-11,16,24H,12-15H2,1-3H3. The third-order valence-corrected chi connectivity index (χ3v) is 8.89. The van der Waals surface area contributed by atoms with Crippen molar-refractivity contribution in [2.75, 3.05) is 30.8 Å². The monoisotopic (exact) mass is 487 g/mol. The van der Waals surface area contributed by atoms with E-state index in [4.69, 9.17) is 0 Å². The molecule has 0 spiro atoms. The lowest BCUT2D eigenvalue weighted by Gasteiger charge is -2.36. The maximum atomic E-state index is 13.5. The fourth-order valence-electron chi connectivity index (χ4n) is 3.68. The Morgan fingerprint density at radius 1 is 0.875 bits per heavy atom. The van der Waals surface area contributed by atoms with E-state index >= 15 is 0 Å². The van der Waals surface area contributed by atoms with Gasteiger partial charge in [0.1, 0.15) is 0 Å². The normalized spacial score (nSPS) is 17.3. The van der Waals surface area contributed by atoms with Crippen molar-refractivity contribution in [2.24, 2.45) is 0 Å². The van der Waals surface area contributed by atoms with Crippen LogP contribution in [0.3, 0.4) is 0 Å². The molecule has 1 fully saturated rings. The van der Waals surface area contributed by atoms with Gasteiger partial charge in [-0.05, 0) is 49.2 Å². The van der Waals surface area contributed by atoms with Gasteiger partial charge in [-0.1, -0.05) is 12.1 Å². The highest BCUT2D eigenvalue weighted by Gasteiger charge is 2.36. The van der Waals surface area contributed by atoms with E-state index in [9.17, 15) is 25.6 Å². The second kappa shape index (κ2) is 8.95. The largest absolute Gasteiger partial charge is 0.370 e. The molecule has 0 unspecified atom stereocenters. The molecule has 1 saturated carbocycles. The molecule has 0 radical (unpaired) electrons. The van der Waals surface area contributed by atoms with Crippen molar-refractivity contribution < 1.29 is 25.6 Å². The molecule has 1 aliphatic carbocycles. The van der Waals surface area contributed by atoms with Gasteiger partial charge < -0.3 is 4.90 Å². The predicted octanol–water partition coefficient (Wildman–Crippen LogP) is 3.75.